The average Bonchev–Trinajstić information content (AvgIpc) is 2.57. The lowest BCUT2D eigenvalue weighted by molar-refractivity contribution is -0.294. The molecule has 1 nitrogen and oxygen atoms in total. The molecule has 1 rings (SSSR count). The van der Waals surface area contributed by atoms with E-state index in [1.807, 2.05) is 0 Å². The molecular weight excluding hydrogens is 353 g/mol. The Bertz CT molecular complexity index is 410. The summed E-state index contributed by atoms with van der Waals surface area (Å²) in [7, 11) is 0. The fraction of sp³-hybridized carbons (Fsp3) is 0.636. The van der Waals surface area contributed by atoms with Gasteiger partial charge in [0.15, 0.2) is 0 Å². The highest BCUT2D eigenvalue weighted by Crippen LogP contribution is 2.46. The Hall–Kier alpha value is -0.210. The van der Waals surface area contributed by atoms with Crippen molar-refractivity contribution in [2.45, 2.75) is 38.4 Å². The van der Waals surface area contributed by atoms with Crippen molar-refractivity contribution in [3.63, 3.8) is 0 Å². The van der Waals surface area contributed by atoms with Gasteiger partial charge in [-0.3, -0.25) is 0 Å². The Morgan fingerprint density at radius 2 is 1.89 bits per heavy atom. The Morgan fingerprint density at radius 1 is 1.32 bits per heavy atom. The minimum atomic E-state index is -5.58. The molecule has 110 valence electrons. The standard InChI is InChI=1S/C11H13BrF5NS/c1-3-4-18-9(10(13,14)11(15,16)17)8-5-7(12)6(2)19-8/h5,9,18H,3-4H2,1-2H3. The fourth-order valence-corrected chi connectivity index (χ4v) is 3.16. The molecule has 0 aliphatic rings. The van der Waals surface area contributed by atoms with Crippen LogP contribution >= 0.6 is 27.3 Å². The van der Waals surface area contributed by atoms with Crippen molar-refractivity contribution in [2.24, 2.45) is 0 Å². The van der Waals surface area contributed by atoms with Crippen molar-refractivity contribution in [3.8, 4) is 0 Å². The van der Waals surface area contributed by atoms with E-state index < -0.39 is 18.1 Å². The summed E-state index contributed by atoms with van der Waals surface area (Å²) >= 11 is 4.05. The third kappa shape index (κ3) is 3.66. The predicted octanol–water partition coefficient (Wildman–Crippen LogP) is 5.06. The van der Waals surface area contributed by atoms with Crippen molar-refractivity contribution in [3.05, 3.63) is 20.3 Å². The van der Waals surface area contributed by atoms with Gasteiger partial charge in [0, 0.05) is 14.2 Å². The Labute approximate surface area is 120 Å². The topological polar surface area (TPSA) is 12.0 Å². The molecule has 0 spiro atoms. The van der Waals surface area contributed by atoms with Gasteiger partial charge < -0.3 is 5.32 Å². The molecule has 0 aromatic carbocycles. The number of thiophene rings is 1. The molecule has 0 aliphatic heterocycles. The summed E-state index contributed by atoms with van der Waals surface area (Å²) in [5.41, 5.74) is 0. The molecule has 1 atom stereocenters. The van der Waals surface area contributed by atoms with E-state index in [2.05, 4.69) is 21.2 Å². The van der Waals surface area contributed by atoms with E-state index in [0.29, 0.717) is 15.8 Å². The van der Waals surface area contributed by atoms with Gasteiger partial charge in [-0.25, -0.2) is 0 Å². The minimum Gasteiger partial charge on any atom is -0.304 e. The van der Waals surface area contributed by atoms with Gasteiger partial charge in [0.1, 0.15) is 6.04 Å². The molecule has 0 aliphatic carbocycles. The number of aryl methyl sites for hydroxylation is 1. The molecule has 0 saturated heterocycles. The zero-order chi connectivity index (χ0) is 14.8. The van der Waals surface area contributed by atoms with E-state index in [1.54, 1.807) is 13.8 Å². The summed E-state index contributed by atoms with van der Waals surface area (Å²) in [4.78, 5) is 0.636. The summed E-state index contributed by atoms with van der Waals surface area (Å²) < 4.78 is 65.2. The third-order valence-electron chi connectivity index (χ3n) is 2.50. The van der Waals surface area contributed by atoms with Crippen molar-refractivity contribution >= 4 is 27.3 Å². The molecule has 1 heterocycles. The first-order valence-electron chi connectivity index (χ1n) is 5.55. The molecule has 0 bridgehead atoms. The minimum absolute atomic E-state index is 0.0276. The molecule has 1 unspecified atom stereocenters. The molecule has 8 heteroatoms. The second-order valence-corrected chi connectivity index (χ2v) is 6.20. The predicted molar refractivity (Wildman–Crippen MR) is 68.8 cm³/mol. The summed E-state index contributed by atoms with van der Waals surface area (Å²) in [6, 6.07) is -0.741. The normalized spacial score (nSPS) is 14.7. The molecular formula is C11H13BrF5NS. The quantitative estimate of drug-likeness (QED) is 0.719. The lowest BCUT2D eigenvalue weighted by Gasteiger charge is -2.28. The molecule has 0 amide bonds. The van der Waals surface area contributed by atoms with Crippen LogP contribution < -0.4 is 5.32 Å². The number of hydrogen-bond donors (Lipinski definition) is 1. The first-order chi connectivity index (χ1) is 8.61. The van der Waals surface area contributed by atoms with Crippen LogP contribution in [0.4, 0.5) is 22.0 Å². The monoisotopic (exact) mass is 365 g/mol. The number of hydrogen-bond acceptors (Lipinski definition) is 2. The van der Waals surface area contributed by atoms with Crippen molar-refractivity contribution < 1.29 is 22.0 Å². The number of rotatable bonds is 5. The first-order valence-corrected chi connectivity index (χ1v) is 7.16. The van der Waals surface area contributed by atoms with Crippen LogP contribution in [0.25, 0.3) is 0 Å². The second-order valence-electron chi connectivity index (χ2n) is 4.06. The maximum atomic E-state index is 13.5. The van der Waals surface area contributed by atoms with Gasteiger partial charge in [-0.1, -0.05) is 6.92 Å². The molecule has 1 aromatic heterocycles. The average molecular weight is 366 g/mol. The smallest absolute Gasteiger partial charge is 0.304 e. The van der Waals surface area contributed by atoms with Crippen LogP contribution in [0.15, 0.2) is 10.5 Å². The van der Waals surface area contributed by atoms with Crippen LogP contribution in [0, 0.1) is 6.92 Å². The van der Waals surface area contributed by atoms with Crippen LogP contribution in [-0.2, 0) is 0 Å². The van der Waals surface area contributed by atoms with E-state index in [9.17, 15) is 22.0 Å². The molecule has 0 saturated carbocycles. The van der Waals surface area contributed by atoms with Gasteiger partial charge in [-0.05, 0) is 41.9 Å². The van der Waals surface area contributed by atoms with Gasteiger partial charge in [0.25, 0.3) is 0 Å². The fourth-order valence-electron chi connectivity index (χ4n) is 1.48. The number of nitrogens with one attached hydrogen (secondary N) is 1. The van der Waals surface area contributed by atoms with Crippen molar-refractivity contribution in [1.82, 2.24) is 5.32 Å². The molecule has 19 heavy (non-hydrogen) atoms. The Balaban J connectivity index is 3.14. The highest BCUT2D eigenvalue weighted by Gasteiger charge is 2.63. The lowest BCUT2D eigenvalue weighted by Crippen LogP contribution is -2.47. The first kappa shape index (κ1) is 16.8. The van der Waals surface area contributed by atoms with Gasteiger partial charge in [0.05, 0.1) is 0 Å². The summed E-state index contributed by atoms with van der Waals surface area (Å²) in [5.74, 6) is -4.81. The van der Waals surface area contributed by atoms with E-state index in [1.165, 1.54) is 6.07 Å². The lowest BCUT2D eigenvalue weighted by atomic mass is 10.1. The molecule has 0 radical (unpaired) electrons. The second kappa shape index (κ2) is 6.05. The van der Waals surface area contributed by atoms with E-state index in [4.69, 9.17) is 0 Å². The van der Waals surface area contributed by atoms with Crippen molar-refractivity contribution in [1.29, 1.82) is 0 Å². The zero-order valence-corrected chi connectivity index (χ0v) is 12.6. The summed E-state index contributed by atoms with van der Waals surface area (Å²) in [5, 5.41) is 2.29. The van der Waals surface area contributed by atoms with Crippen LogP contribution in [0.5, 0.6) is 0 Å². The maximum absolute atomic E-state index is 13.5. The molecule has 1 N–H and O–H groups in total. The number of halogens is 6. The Kier molecular flexibility index (Phi) is 5.36. The molecule has 1 aromatic rings. The van der Waals surface area contributed by atoms with E-state index in [0.717, 1.165) is 11.3 Å². The maximum Gasteiger partial charge on any atom is 0.455 e. The van der Waals surface area contributed by atoms with Gasteiger partial charge in [0.2, 0.25) is 0 Å². The third-order valence-corrected chi connectivity index (χ3v) is 4.70. The van der Waals surface area contributed by atoms with E-state index >= 15 is 0 Å². The largest absolute Gasteiger partial charge is 0.455 e. The van der Waals surface area contributed by atoms with Crippen LogP contribution in [0.2, 0.25) is 0 Å². The highest BCUT2D eigenvalue weighted by atomic mass is 79.9. The van der Waals surface area contributed by atoms with Crippen LogP contribution in [-0.4, -0.2) is 18.6 Å². The number of alkyl halides is 5. The molecule has 0 fully saturated rings. The van der Waals surface area contributed by atoms with Crippen molar-refractivity contribution in [2.75, 3.05) is 6.54 Å². The highest BCUT2D eigenvalue weighted by molar-refractivity contribution is 9.10. The Morgan fingerprint density at radius 3 is 2.26 bits per heavy atom. The van der Waals surface area contributed by atoms with Crippen LogP contribution in [0.3, 0.4) is 0 Å². The van der Waals surface area contributed by atoms with Gasteiger partial charge in [-0.15, -0.1) is 11.3 Å². The van der Waals surface area contributed by atoms with Gasteiger partial charge >= 0.3 is 12.1 Å². The van der Waals surface area contributed by atoms with Gasteiger partial charge in [-0.2, -0.15) is 22.0 Å². The van der Waals surface area contributed by atoms with Crippen LogP contribution in [0.1, 0.15) is 29.1 Å². The zero-order valence-electron chi connectivity index (χ0n) is 10.2. The SMILES string of the molecule is CCCNC(c1cc(Br)c(C)s1)C(F)(F)C(F)(F)F. The van der Waals surface area contributed by atoms with E-state index in [-0.39, 0.29) is 11.4 Å². The summed E-state index contributed by atoms with van der Waals surface area (Å²) in [6.07, 6.45) is -5.11. The summed E-state index contributed by atoms with van der Waals surface area (Å²) in [6.45, 7) is 3.44.